The van der Waals surface area contributed by atoms with Crippen molar-refractivity contribution in [3.8, 4) is 0 Å². The Morgan fingerprint density at radius 2 is 1.76 bits per heavy atom. The van der Waals surface area contributed by atoms with Crippen molar-refractivity contribution in [1.29, 1.82) is 0 Å². The van der Waals surface area contributed by atoms with Gasteiger partial charge < -0.3 is 10.1 Å². The summed E-state index contributed by atoms with van der Waals surface area (Å²) in [5.74, 6) is 1.43. The van der Waals surface area contributed by atoms with Crippen LogP contribution >= 0.6 is 0 Å². The van der Waals surface area contributed by atoms with Crippen LogP contribution < -0.4 is 5.32 Å². The molecular formula is C19H29NO. The van der Waals surface area contributed by atoms with Crippen molar-refractivity contribution in [2.24, 2.45) is 11.8 Å². The molecule has 0 amide bonds. The lowest BCUT2D eigenvalue weighted by molar-refractivity contribution is 0.0680. The first kappa shape index (κ1) is 16.3. The molecule has 2 unspecified atom stereocenters. The molecule has 2 rings (SSSR count). The largest absolute Gasteiger partial charge is 0.376 e. The Balaban J connectivity index is 1.72. The van der Waals surface area contributed by atoms with Crippen molar-refractivity contribution in [2.75, 3.05) is 6.61 Å². The molecule has 0 saturated heterocycles. The second kappa shape index (κ2) is 8.35. The molecule has 0 fully saturated rings. The SMILES string of the molecule is CC(C)NCc1ccc(COCC2CC=CCC2C)cc1. The van der Waals surface area contributed by atoms with Gasteiger partial charge >= 0.3 is 0 Å². The van der Waals surface area contributed by atoms with Crippen LogP contribution in [0.2, 0.25) is 0 Å². The Hall–Kier alpha value is -1.12. The lowest BCUT2D eigenvalue weighted by atomic mass is 9.85. The third-order valence-corrected chi connectivity index (χ3v) is 4.26. The summed E-state index contributed by atoms with van der Waals surface area (Å²) in [7, 11) is 0. The second-order valence-corrected chi connectivity index (χ2v) is 6.55. The normalized spacial score (nSPS) is 21.9. The second-order valence-electron chi connectivity index (χ2n) is 6.55. The highest BCUT2D eigenvalue weighted by molar-refractivity contribution is 5.22. The number of hydrogen-bond donors (Lipinski definition) is 1. The number of allylic oxidation sites excluding steroid dienone is 2. The van der Waals surface area contributed by atoms with E-state index in [1.54, 1.807) is 0 Å². The Bertz CT molecular complexity index is 435. The molecular weight excluding hydrogens is 258 g/mol. The first-order valence-corrected chi connectivity index (χ1v) is 8.19. The van der Waals surface area contributed by atoms with Gasteiger partial charge in [-0.2, -0.15) is 0 Å². The summed E-state index contributed by atoms with van der Waals surface area (Å²) in [6.07, 6.45) is 6.96. The standard InChI is InChI=1S/C19H29NO/c1-15(2)20-12-17-8-10-18(11-9-17)13-21-14-19-7-5-4-6-16(19)3/h4-5,8-11,15-16,19-20H,6-7,12-14H2,1-3H3. The molecule has 1 N–H and O–H groups in total. The zero-order chi connectivity index (χ0) is 15.1. The fraction of sp³-hybridized carbons (Fsp3) is 0.579. The predicted octanol–water partition coefficient (Wildman–Crippen LogP) is 4.30. The first-order chi connectivity index (χ1) is 10.1. The van der Waals surface area contributed by atoms with Crippen LogP contribution in [0.15, 0.2) is 36.4 Å². The average Bonchev–Trinajstić information content (AvgIpc) is 2.48. The maximum absolute atomic E-state index is 5.92. The fourth-order valence-corrected chi connectivity index (χ4v) is 2.64. The molecule has 1 aromatic carbocycles. The first-order valence-electron chi connectivity index (χ1n) is 8.19. The van der Waals surface area contributed by atoms with Gasteiger partial charge in [-0.05, 0) is 35.8 Å². The van der Waals surface area contributed by atoms with Gasteiger partial charge in [0.05, 0.1) is 13.2 Å². The monoisotopic (exact) mass is 287 g/mol. The minimum absolute atomic E-state index is 0.527. The van der Waals surface area contributed by atoms with Crippen molar-refractivity contribution >= 4 is 0 Å². The highest BCUT2D eigenvalue weighted by atomic mass is 16.5. The number of rotatable bonds is 7. The molecule has 0 bridgehead atoms. The minimum Gasteiger partial charge on any atom is -0.376 e. The van der Waals surface area contributed by atoms with Crippen molar-refractivity contribution < 1.29 is 4.74 Å². The molecule has 0 radical (unpaired) electrons. The van der Waals surface area contributed by atoms with Crippen LogP contribution in [0.3, 0.4) is 0 Å². The fourth-order valence-electron chi connectivity index (χ4n) is 2.64. The van der Waals surface area contributed by atoms with Gasteiger partial charge in [0, 0.05) is 12.6 Å². The van der Waals surface area contributed by atoms with E-state index in [0.29, 0.717) is 12.0 Å². The minimum atomic E-state index is 0.527. The predicted molar refractivity (Wildman–Crippen MR) is 89.1 cm³/mol. The summed E-state index contributed by atoms with van der Waals surface area (Å²) < 4.78 is 5.92. The van der Waals surface area contributed by atoms with Crippen molar-refractivity contribution in [1.82, 2.24) is 5.32 Å². The van der Waals surface area contributed by atoms with Gasteiger partial charge in [0.2, 0.25) is 0 Å². The lowest BCUT2D eigenvalue weighted by Crippen LogP contribution is -2.21. The molecule has 0 heterocycles. The summed E-state index contributed by atoms with van der Waals surface area (Å²) in [6, 6.07) is 9.28. The van der Waals surface area contributed by atoms with Gasteiger partial charge in [-0.3, -0.25) is 0 Å². The molecule has 2 atom stereocenters. The van der Waals surface area contributed by atoms with E-state index in [4.69, 9.17) is 4.74 Å². The van der Waals surface area contributed by atoms with Crippen molar-refractivity contribution in [2.45, 2.75) is 52.8 Å². The summed E-state index contributed by atoms with van der Waals surface area (Å²) in [5.41, 5.74) is 2.60. The Kier molecular flexibility index (Phi) is 6.47. The van der Waals surface area contributed by atoms with Gasteiger partial charge in [-0.15, -0.1) is 0 Å². The van der Waals surface area contributed by atoms with E-state index in [0.717, 1.165) is 25.7 Å². The van der Waals surface area contributed by atoms with E-state index >= 15 is 0 Å². The maximum atomic E-state index is 5.92. The van der Waals surface area contributed by atoms with Crippen LogP contribution in [0.4, 0.5) is 0 Å². The smallest absolute Gasteiger partial charge is 0.0717 e. The van der Waals surface area contributed by atoms with Gasteiger partial charge in [0.1, 0.15) is 0 Å². The van der Waals surface area contributed by atoms with E-state index in [2.05, 4.69) is 62.5 Å². The molecule has 1 aliphatic rings. The van der Waals surface area contributed by atoms with E-state index in [1.807, 2.05) is 0 Å². The molecule has 1 aromatic rings. The van der Waals surface area contributed by atoms with Crippen LogP contribution in [0.1, 0.15) is 44.7 Å². The maximum Gasteiger partial charge on any atom is 0.0717 e. The van der Waals surface area contributed by atoms with Crippen LogP contribution in [0.25, 0.3) is 0 Å². The van der Waals surface area contributed by atoms with Crippen molar-refractivity contribution in [3.05, 3.63) is 47.5 Å². The third-order valence-electron chi connectivity index (χ3n) is 4.26. The number of nitrogens with one attached hydrogen (secondary N) is 1. The van der Waals surface area contributed by atoms with Crippen LogP contribution in [-0.4, -0.2) is 12.6 Å². The molecule has 21 heavy (non-hydrogen) atoms. The molecule has 0 saturated carbocycles. The Morgan fingerprint density at radius 3 is 2.43 bits per heavy atom. The summed E-state index contributed by atoms with van der Waals surface area (Å²) in [5, 5.41) is 3.43. The molecule has 2 heteroatoms. The van der Waals surface area contributed by atoms with Gasteiger partial charge in [0.15, 0.2) is 0 Å². The van der Waals surface area contributed by atoms with Crippen molar-refractivity contribution in [3.63, 3.8) is 0 Å². The van der Waals surface area contributed by atoms with E-state index in [9.17, 15) is 0 Å². The highest BCUT2D eigenvalue weighted by Gasteiger charge is 2.18. The molecule has 1 aliphatic carbocycles. The molecule has 2 nitrogen and oxygen atoms in total. The van der Waals surface area contributed by atoms with E-state index in [-0.39, 0.29) is 0 Å². The quantitative estimate of drug-likeness (QED) is 0.755. The Labute approximate surface area is 129 Å². The topological polar surface area (TPSA) is 21.3 Å². The van der Waals surface area contributed by atoms with Crippen LogP contribution in [0.5, 0.6) is 0 Å². The molecule has 0 spiro atoms. The van der Waals surface area contributed by atoms with E-state index < -0.39 is 0 Å². The Morgan fingerprint density at radius 1 is 1.10 bits per heavy atom. The highest BCUT2D eigenvalue weighted by Crippen LogP contribution is 2.25. The third kappa shape index (κ3) is 5.64. The number of hydrogen-bond acceptors (Lipinski definition) is 2. The van der Waals surface area contributed by atoms with Gasteiger partial charge in [0.25, 0.3) is 0 Å². The molecule has 0 aromatic heterocycles. The zero-order valence-corrected chi connectivity index (χ0v) is 13.6. The molecule has 0 aliphatic heterocycles. The van der Waals surface area contributed by atoms with E-state index in [1.165, 1.54) is 24.0 Å². The summed E-state index contributed by atoms with van der Waals surface area (Å²) in [4.78, 5) is 0. The average molecular weight is 287 g/mol. The molecule has 116 valence electrons. The number of benzene rings is 1. The summed E-state index contributed by atoms with van der Waals surface area (Å²) >= 11 is 0. The van der Waals surface area contributed by atoms with Gasteiger partial charge in [-0.1, -0.05) is 57.2 Å². The zero-order valence-electron chi connectivity index (χ0n) is 13.6. The lowest BCUT2D eigenvalue weighted by Gasteiger charge is -2.24. The summed E-state index contributed by atoms with van der Waals surface area (Å²) in [6.45, 7) is 9.21. The number of ether oxygens (including phenoxy) is 1. The van der Waals surface area contributed by atoms with Crippen LogP contribution in [0, 0.1) is 11.8 Å². The van der Waals surface area contributed by atoms with Crippen LogP contribution in [-0.2, 0) is 17.9 Å². The van der Waals surface area contributed by atoms with Gasteiger partial charge in [-0.25, -0.2) is 0 Å².